The normalized spacial score (nSPS) is 24.8. The molecule has 0 aromatic heterocycles. The van der Waals surface area contributed by atoms with Crippen LogP contribution in [0.1, 0.15) is 25.7 Å². The molecule has 1 saturated carbocycles. The van der Waals surface area contributed by atoms with Crippen LogP contribution in [0.5, 0.6) is 0 Å². The maximum absolute atomic E-state index is 11.1. The van der Waals surface area contributed by atoms with Gasteiger partial charge in [-0.25, -0.2) is 0 Å². The van der Waals surface area contributed by atoms with Gasteiger partial charge in [0, 0.05) is 0 Å². The zero-order valence-corrected chi connectivity index (χ0v) is 6.93. The average Bonchev–Trinajstić information content (AvgIpc) is 2.04. The van der Waals surface area contributed by atoms with Crippen molar-refractivity contribution >= 4 is 5.97 Å². The van der Waals surface area contributed by atoms with Crippen molar-refractivity contribution < 1.29 is 9.53 Å². The topological polar surface area (TPSA) is 26.3 Å². The number of hydrogen-bond donors (Lipinski definition) is 0. The number of methoxy groups -OCH3 is 1. The van der Waals surface area contributed by atoms with Crippen molar-refractivity contribution in [2.24, 2.45) is 5.92 Å². The molecule has 11 heavy (non-hydrogen) atoms. The van der Waals surface area contributed by atoms with Crippen LogP contribution in [-0.4, -0.2) is 13.1 Å². The maximum atomic E-state index is 11.1. The molecule has 2 nitrogen and oxygen atoms in total. The van der Waals surface area contributed by atoms with E-state index in [2.05, 4.69) is 11.3 Å². The van der Waals surface area contributed by atoms with Gasteiger partial charge in [-0.2, -0.15) is 0 Å². The fraction of sp³-hybridized carbons (Fsp3) is 0.667. The van der Waals surface area contributed by atoms with Crippen LogP contribution in [0.2, 0.25) is 0 Å². The molecule has 0 radical (unpaired) electrons. The Bertz CT molecular complexity index is 164. The lowest BCUT2D eigenvalue weighted by atomic mass is 9.85. The molecule has 62 valence electrons. The second kappa shape index (κ2) is 3.56. The van der Waals surface area contributed by atoms with Crippen LogP contribution < -0.4 is 0 Å². The number of ether oxygens (including phenoxy) is 1. The first-order valence-electron chi connectivity index (χ1n) is 4.01. The lowest BCUT2D eigenvalue weighted by Crippen LogP contribution is -2.20. The minimum absolute atomic E-state index is 0.0197. The molecule has 0 amide bonds. The van der Waals surface area contributed by atoms with Crippen LogP contribution in [0, 0.1) is 5.92 Å². The van der Waals surface area contributed by atoms with Gasteiger partial charge in [0.1, 0.15) is 0 Å². The molecule has 0 N–H and O–H groups in total. The summed E-state index contributed by atoms with van der Waals surface area (Å²) >= 11 is 0. The second-order valence-electron chi connectivity index (χ2n) is 2.98. The van der Waals surface area contributed by atoms with Crippen molar-refractivity contribution in [1.82, 2.24) is 0 Å². The molecule has 1 aliphatic carbocycles. The van der Waals surface area contributed by atoms with Crippen LogP contribution in [0.4, 0.5) is 0 Å². The minimum atomic E-state index is -0.116. The minimum Gasteiger partial charge on any atom is -0.469 e. The Hall–Kier alpha value is -0.790. The monoisotopic (exact) mass is 154 g/mol. The van der Waals surface area contributed by atoms with E-state index in [9.17, 15) is 4.79 Å². The zero-order valence-electron chi connectivity index (χ0n) is 6.93. The molecule has 0 saturated heterocycles. The number of carbonyl (C=O) groups is 1. The Morgan fingerprint density at radius 1 is 1.64 bits per heavy atom. The van der Waals surface area contributed by atoms with Crippen molar-refractivity contribution in [1.29, 1.82) is 0 Å². The largest absolute Gasteiger partial charge is 0.469 e. The average molecular weight is 154 g/mol. The van der Waals surface area contributed by atoms with Gasteiger partial charge in [0.2, 0.25) is 0 Å². The number of rotatable bonds is 1. The van der Waals surface area contributed by atoms with Gasteiger partial charge in [-0.15, -0.1) is 0 Å². The van der Waals surface area contributed by atoms with Crippen molar-refractivity contribution in [3.8, 4) is 0 Å². The summed E-state index contributed by atoms with van der Waals surface area (Å²) < 4.78 is 4.66. The molecule has 0 spiro atoms. The first kappa shape index (κ1) is 8.31. The van der Waals surface area contributed by atoms with Crippen LogP contribution in [0.15, 0.2) is 12.2 Å². The molecule has 0 bridgehead atoms. The molecule has 2 heteroatoms. The van der Waals surface area contributed by atoms with E-state index >= 15 is 0 Å². The molecular formula is C9H14O2. The lowest BCUT2D eigenvalue weighted by Gasteiger charge is -2.21. The molecule has 1 rings (SSSR count). The van der Waals surface area contributed by atoms with Crippen LogP contribution >= 0.6 is 0 Å². The summed E-state index contributed by atoms with van der Waals surface area (Å²) in [5.41, 5.74) is 1.04. The van der Waals surface area contributed by atoms with Gasteiger partial charge in [0.05, 0.1) is 13.0 Å². The van der Waals surface area contributed by atoms with Gasteiger partial charge in [0.15, 0.2) is 0 Å². The molecule has 0 aliphatic heterocycles. The predicted molar refractivity (Wildman–Crippen MR) is 43.1 cm³/mol. The Labute approximate surface area is 67.2 Å². The molecule has 1 atom stereocenters. The van der Waals surface area contributed by atoms with Gasteiger partial charge in [-0.05, 0) is 19.3 Å². The summed E-state index contributed by atoms with van der Waals surface area (Å²) in [5.74, 6) is -0.136. The van der Waals surface area contributed by atoms with Crippen molar-refractivity contribution in [3.63, 3.8) is 0 Å². The fourth-order valence-electron chi connectivity index (χ4n) is 1.51. The molecule has 1 aliphatic rings. The summed E-state index contributed by atoms with van der Waals surface area (Å²) in [4.78, 5) is 11.1. The quantitative estimate of drug-likeness (QED) is 0.426. The van der Waals surface area contributed by atoms with E-state index in [0.717, 1.165) is 24.8 Å². The van der Waals surface area contributed by atoms with E-state index in [1.54, 1.807) is 0 Å². The highest BCUT2D eigenvalue weighted by molar-refractivity contribution is 5.75. The van der Waals surface area contributed by atoms with Gasteiger partial charge in [-0.3, -0.25) is 4.79 Å². The van der Waals surface area contributed by atoms with E-state index in [1.165, 1.54) is 13.5 Å². The number of carbonyl (C=O) groups excluding carboxylic acids is 1. The van der Waals surface area contributed by atoms with Gasteiger partial charge in [0.25, 0.3) is 0 Å². The standard InChI is InChI=1S/C9H14O2/c1-7-5-3-4-6-8(7)9(10)11-2/h8H,1,3-6H2,2H3. The Balaban J connectivity index is 2.54. The van der Waals surface area contributed by atoms with Gasteiger partial charge < -0.3 is 4.74 Å². The van der Waals surface area contributed by atoms with E-state index < -0.39 is 0 Å². The summed E-state index contributed by atoms with van der Waals surface area (Å²) in [7, 11) is 1.43. The number of hydrogen-bond acceptors (Lipinski definition) is 2. The Kier molecular flexibility index (Phi) is 2.69. The van der Waals surface area contributed by atoms with E-state index in [0.29, 0.717) is 0 Å². The van der Waals surface area contributed by atoms with Crippen molar-refractivity contribution in [2.45, 2.75) is 25.7 Å². The molecule has 0 aromatic rings. The summed E-state index contributed by atoms with van der Waals surface area (Å²) in [6.45, 7) is 3.86. The van der Waals surface area contributed by atoms with Gasteiger partial charge >= 0.3 is 5.97 Å². The second-order valence-corrected chi connectivity index (χ2v) is 2.98. The summed E-state index contributed by atoms with van der Waals surface area (Å²) in [6.07, 6.45) is 4.20. The Morgan fingerprint density at radius 2 is 2.36 bits per heavy atom. The zero-order chi connectivity index (χ0) is 8.27. The van der Waals surface area contributed by atoms with Gasteiger partial charge in [-0.1, -0.05) is 18.6 Å². The third-order valence-electron chi connectivity index (χ3n) is 2.22. The molecular weight excluding hydrogens is 140 g/mol. The predicted octanol–water partition coefficient (Wildman–Crippen LogP) is 1.91. The summed E-state index contributed by atoms with van der Waals surface area (Å²) in [6, 6.07) is 0. The van der Waals surface area contributed by atoms with Crippen LogP contribution in [0.25, 0.3) is 0 Å². The van der Waals surface area contributed by atoms with Crippen LogP contribution in [-0.2, 0) is 9.53 Å². The first-order chi connectivity index (χ1) is 5.25. The third-order valence-corrected chi connectivity index (χ3v) is 2.22. The summed E-state index contributed by atoms with van der Waals surface area (Å²) in [5, 5.41) is 0. The SMILES string of the molecule is C=C1CCCCC1C(=O)OC. The first-order valence-corrected chi connectivity index (χ1v) is 4.01. The van der Waals surface area contributed by atoms with Crippen molar-refractivity contribution in [3.05, 3.63) is 12.2 Å². The van der Waals surface area contributed by atoms with Crippen molar-refractivity contribution in [2.75, 3.05) is 7.11 Å². The highest BCUT2D eigenvalue weighted by atomic mass is 16.5. The smallest absolute Gasteiger partial charge is 0.312 e. The molecule has 1 unspecified atom stereocenters. The molecule has 1 fully saturated rings. The third kappa shape index (κ3) is 1.82. The molecule has 0 heterocycles. The lowest BCUT2D eigenvalue weighted by molar-refractivity contribution is -0.144. The molecule has 0 aromatic carbocycles. The Morgan fingerprint density at radius 3 is 2.91 bits per heavy atom. The van der Waals surface area contributed by atoms with E-state index in [4.69, 9.17) is 0 Å². The highest BCUT2D eigenvalue weighted by Gasteiger charge is 2.24. The van der Waals surface area contributed by atoms with Crippen LogP contribution in [0.3, 0.4) is 0 Å². The maximum Gasteiger partial charge on any atom is 0.312 e. The van der Waals surface area contributed by atoms with E-state index in [-0.39, 0.29) is 11.9 Å². The fourth-order valence-corrected chi connectivity index (χ4v) is 1.51. The highest BCUT2D eigenvalue weighted by Crippen LogP contribution is 2.28. The number of esters is 1. The van der Waals surface area contributed by atoms with E-state index in [1.807, 2.05) is 0 Å².